The molecule has 0 radical (unpaired) electrons. The molecule has 1 N–H and O–H groups in total. The minimum atomic E-state index is 0.977. The molecule has 0 bridgehead atoms. The summed E-state index contributed by atoms with van der Waals surface area (Å²) in [6.45, 7) is 7.90. The van der Waals surface area contributed by atoms with Crippen molar-refractivity contribution in [2.24, 2.45) is 11.8 Å². The molecular formula is C24H41N. The Labute approximate surface area is 157 Å². The summed E-state index contributed by atoms with van der Waals surface area (Å²) in [4.78, 5) is 0. The largest absolute Gasteiger partial charge is 0.385 e. The molecule has 2 rings (SSSR count). The zero-order valence-electron chi connectivity index (χ0n) is 17.1. The van der Waals surface area contributed by atoms with Crippen molar-refractivity contribution < 1.29 is 0 Å². The standard InChI is InChI=1S/C24H41N/c1-4-6-8-9-21-10-12-22(13-11-21)14-15-23-16-17-24(20(3)19-23)25-18-7-5-2/h16-17,19,21-22,25H,4-15,18H2,1-3H3/t21-,22-. The molecule has 1 heteroatoms. The Bertz CT molecular complexity index is 471. The minimum absolute atomic E-state index is 0.977. The van der Waals surface area contributed by atoms with Crippen LogP contribution in [0, 0.1) is 18.8 Å². The quantitative estimate of drug-likeness (QED) is 0.409. The Morgan fingerprint density at radius 2 is 1.56 bits per heavy atom. The van der Waals surface area contributed by atoms with Crippen molar-refractivity contribution >= 4 is 5.69 Å². The fourth-order valence-electron chi connectivity index (χ4n) is 4.34. The lowest BCUT2D eigenvalue weighted by molar-refractivity contribution is 0.249. The highest BCUT2D eigenvalue weighted by molar-refractivity contribution is 5.52. The molecule has 1 nitrogen and oxygen atoms in total. The number of benzene rings is 1. The second-order valence-corrected chi connectivity index (χ2v) is 8.35. The van der Waals surface area contributed by atoms with Crippen LogP contribution in [0.2, 0.25) is 0 Å². The molecule has 25 heavy (non-hydrogen) atoms. The van der Waals surface area contributed by atoms with Gasteiger partial charge in [0.15, 0.2) is 0 Å². The second-order valence-electron chi connectivity index (χ2n) is 8.35. The maximum absolute atomic E-state index is 3.57. The van der Waals surface area contributed by atoms with Crippen LogP contribution in [0.25, 0.3) is 0 Å². The van der Waals surface area contributed by atoms with E-state index in [1.807, 2.05) is 0 Å². The van der Waals surface area contributed by atoms with E-state index < -0.39 is 0 Å². The van der Waals surface area contributed by atoms with Crippen molar-refractivity contribution in [2.75, 3.05) is 11.9 Å². The SMILES string of the molecule is CCCCC[C@H]1CC[C@H](CCc2ccc(NCCCC)c(C)c2)CC1. The lowest BCUT2D eigenvalue weighted by Gasteiger charge is -2.28. The van der Waals surface area contributed by atoms with Crippen molar-refractivity contribution in [1.29, 1.82) is 0 Å². The van der Waals surface area contributed by atoms with Gasteiger partial charge < -0.3 is 5.32 Å². The van der Waals surface area contributed by atoms with Crippen LogP contribution >= 0.6 is 0 Å². The van der Waals surface area contributed by atoms with Crippen LogP contribution in [-0.4, -0.2) is 6.54 Å². The Morgan fingerprint density at radius 3 is 2.20 bits per heavy atom. The minimum Gasteiger partial charge on any atom is -0.385 e. The summed E-state index contributed by atoms with van der Waals surface area (Å²) in [6.07, 6.45) is 16.9. The van der Waals surface area contributed by atoms with E-state index in [-0.39, 0.29) is 0 Å². The molecule has 1 aromatic rings. The Hall–Kier alpha value is -0.980. The molecule has 0 atom stereocenters. The van der Waals surface area contributed by atoms with E-state index >= 15 is 0 Å². The number of nitrogens with one attached hydrogen (secondary N) is 1. The van der Waals surface area contributed by atoms with Gasteiger partial charge in [-0.2, -0.15) is 0 Å². The molecule has 0 unspecified atom stereocenters. The van der Waals surface area contributed by atoms with Gasteiger partial charge in [0, 0.05) is 12.2 Å². The van der Waals surface area contributed by atoms with E-state index in [0.717, 1.165) is 18.4 Å². The van der Waals surface area contributed by atoms with Crippen LogP contribution in [0.15, 0.2) is 18.2 Å². The number of rotatable bonds is 11. The zero-order chi connectivity index (χ0) is 17.9. The topological polar surface area (TPSA) is 12.0 Å². The van der Waals surface area contributed by atoms with Crippen molar-refractivity contribution in [1.82, 2.24) is 0 Å². The Morgan fingerprint density at radius 1 is 0.880 bits per heavy atom. The first kappa shape index (κ1) is 20.3. The van der Waals surface area contributed by atoms with E-state index in [1.54, 1.807) is 0 Å². The monoisotopic (exact) mass is 343 g/mol. The van der Waals surface area contributed by atoms with Crippen LogP contribution in [0.5, 0.6) is 0 Å². The highest BCUT2D eigenvalue weighted by Gasteiger charge is 2.20. The van der Waals surface area contributed by atoms with Gasteiger partial charge >= 0.3 is 0 Å². The summed E-state index contributed by atoms with van der Waals surface area (Å²) in [5.41, 5.74) is 4.27. The summed E-state index contributed by atoms with van der Waals surface area (Å²) in [7, 11) is 0. The van der Waals surface area contributed by atoms with Crippen LogP contribution in [0.1, 0.15) is 95.6 Å². The van der Waals surface area contributed by atoms with E-state index in [0.29, 0.717) is 0 Å². The van der Waals surface area contributed by atoms with Crippen molar-refractivity contribution in [3.63, 3.8) is 0 Å². The van der Waals surface area contributed by atoms with Crippen molar-refractivity contribution in [2.45, 2.75) is 97.8 Å². The highest BCUT2D eigenvalue weighted by Crippen LogP contribution is 2.34. The van der Waals surface area contributed by atoms with Crippen LogP contribution in [0.4, 0.5) is 5.69 Å². The molecule has 1 aromatic carbocycles. The molecular weight excluding hydrogens is 302 g/mol. The van der Waals surface area contributed by atoms with Crippen LogP contribution in [-0.2, 0) is 6.42 Å². The normalized spacial score (nSPS) is 20.6. The highest BCUT2D eigenvalue weighted by atomic mass is 14.9. The molecule has 0 amide bonds. The number of aryl methyl sites for hydroxylation is 2. The number of anilines is 1. The lowest BCUT2D eigenvalue weighted by Crippen LogP contribution is -2.15. The molecule has 1 aliphatic carbocycles. The molecule has 1 aliphatic rings. The maximum Gasteiger partial charge on any atom is 0.0370 e. The van der Waals surface area contributed by atoms with Gasteiger partial charge in [-0.05, 0) is 55.2 Å². The number of hydrogen-bond donors (Lipinski definition) is 1. The van der Waals surface area contributed by atoms with Gasteiger partial charge in [-0.15, -0.1) is 0 Å². The predicted molar refractivity (Wildman–Crippen MR) is 112 cm³/mol. The predicted octanol–water partition coefficient (Wildman–Crippen LogP) is 7.53. The summed E-state index contributed by atoms with van der Waals surface area (Å²) < 4.78 is 0. The summed E-state index contributed by atoms with van der Waals surface area (Å²) in [5, 5.41) is 3.57. The van der Waals surface area contributed by atoms with E-state index in [2.05, 4.69) is 44.3 Å². The summed E-state index contributed by atoms with van der Waals surface area (Å²) >= 11 is 0. The molecule has 0 aromatic heterocycles. The molecule has 0 heterocycles. The van der Waals surface area contributed by atoms with Crippen molar-refractivity contribution in [3.8, 4) is 0 Å². The molecule has 0 saturated heterocycles. The second kappa shape index (κ2) is 11.6. The first-order valence-electron chi connectivity index (χ1n) is 11.1. The smallest absolute Gasteiger partial charge is 0.0370 e. The Balaban J connectivity index is 1.68. The van der Waals surface area contributed by atoms with Gasteiger partial charge in [-0.1, -0.05) is 83.8 Å². The molecule has 142 valence electrons. The average molecular weight is 344 g/mol. The molecule has 0 spiro atoms. The molecule has 1 saturated carbocycles. The van der Waals surface area contributed by atoms with Gasteiger partial charge in [0.2, 0.25) is 0 Å². The first-order valence-corrected chi connectivity index (χ1v) is 11.1. The lowest BCUT2D eigenvalue weighted by atomic mass is 9.77. The average Bonchev–Trinajstić information content (AvgIpc) is 2.63. The van der Waals surface area contributed by atoms with Crippen LogP contribution in [0.3, 0.4) is 0 Å². The van der Waals surface area contributed by atoms with Crippen LogP contribution < -0.4 is 5.32 Å². The van der Waals surface area contributed by atoms with Gasteiger partial charge in [0.05, 0.1) is 0 Å². The molecule has 0 aliphatic heterocycles. The third-order valence-electron chi connectivity index (χ3n) is 6.16. The Kier molecular flexibility index (Phi) is 9.43. The third-order valence-corrected chi connectivity index (χ3v) is 6.16. The summed E-state index contributed by atoms with van der Waals surface area (Å²) in [5.74, 6) is 2.02. The van der Waals surface area contributed by atoms with E-state index in [1.165, 1.54) is 93.9 Å². The fourth-order valence-corrected chi connectivity index (χ4v) is 4.34. The van der Waals surface area contributed by atoms with Crippen molar-refractivity contribution in [3.05, 3.63) is 29.3 Å². The summed E-state index contributed by atoms with van der Waals surface area (Å²) in [6, 6.07) is 7.05. The third kappa shape index (κ3) is 7.42. The van der Waals surface area contributed by atoms with Gasteiger partial charge in [0.25, 0.3) is 0 Å². The first-order chi connectivity index (χ1) is 12.2. The number of hydrogen-bond acceptors (Lipinski definition) is 1. The zero-order valence-corrected chi connectivity index (χ0v) is 17.1. The fraction of sp³-hybridized carbons (Fsp3) is 0.750. The van der Waals surface area contributed by atoms with E-state index in [9.17, 15) is 0 Å². The molecule has 1 fully saturated rings. The van der Waals surface area contributed by atoms with Gasteiger partial charge in [-0.3, -0.25) is 0 Å². The number of unbranched alkanes of at least 4 members (excludes halogenated alkanes) is 3. The maximum atomic E-state index is 3.57. The van der Waals surface area contributed by atoms with E-state index in [4.69, 9.17) is 0 Å². The van der Waals surface area contributed by atoms with Gasteiger partial charge in [-0.25, -0.2) is 0 Å². The van der Waals surface area contributed by atoms with Gasteiger partial charge in [0.1, 0.15) is 0 Å².